The van der Waals surface area contributed by atoms with Crippen molar-refractivity contribution in [3.63, 3.8) is 0 Å². The van der Waals surface area contributed by atoms with Crippen molar-refractivity contribution in [3.8, 4) is 6.07 Å². The summed E-state index contributed by atoms with van der Waals surface area (Å²) in [5.74, 6) is 0.875. The van der Waals surface area contributed by atoms with Gasteiger partial charge in [0, 0.05) is 13.1 Å². The molecule has 2 heteroatoms. The Hall–Kier alpha value is -0.550. The van der Waals surface area contributed by atoms with E-state index in [9.17, 15) is 0 Å². The maximum atomic E-state index is 8.47. The molecule has 0 aromatic carbocycles. The molecule has 8 heavy (non-hydrogen) atoms. The number of hydrogen-bond acceptors (Lipinski definition) is 2. The van der Waals surface area contributed by atoms with E-state index in [-0.39, 0.29) is 6.04 Å². The molecular formula is C6H8N2. The van der Waals surface area contributed by atoms with Crippen molar-refractivity contribution in [2.24, 2.45) is 5.92 Å². The zero-order chi connectivity index (χ0) is 5.56. The summed E-state index contributed by atoms with van der Waals surface area (Å²) >= 11 is 0. The maximum Gasteiger partial charge on any atom is 0.0981 e. The minimum atomic E-state index is 0.278. The van der Waals surface area contributed by atoms with Crippen LogP contribution in [-0.4, -0.2) is 24.0 Å². The van der Waals surface area contributed by atoms with E-state index in [1.165, 1.54) is 13.1 Å². The van der Waals surface area contributed by atoms with Crippen molar-refractivity contribution in [1.82, 2.24) is 4.90 Å². The second kappa shape index (κ2) is 1.24. The monoisotopic (exact) mass is 108 g/mol. The Kier molecular flexibility index (Phi) is 0.671. The van der Waals surface area contributed by atoms with Crippen LogP contribution in [0.4, 0.5) is 0 Å². The van der Waals surface area contributed by atoms with Gasteiger partial charge in [-0.15, -0.1) is 0 Å². The van der Waals surface area contributed by atoms with E-state index < -0.39 is 0 Å². The fourth-order valence-corrected chi connectivity index (χ4v) is 1.61. The lowest BCUT2D eigenvalue weighted by Crippen LogP contribution is -2.38. The topological polar surface area (TPSA) is 27.0 Å². The molecule has 3 heterocycles. The van der Waals surface area contributed by atoms with Gasteiger partial charge in [-0.3, -0.25) is 4.90 Å². The van der Waals surface area contributed by atoms with Crippen molar-refractivity contribution in [2.75, 3.05) is 13.1 Å². The second-order valence-corrected chi connectivity index (χ2v) is 2.70. The number of rotatable bonds is 0. The van der Waals surface area contributed by atoms with Crippen LogP contribution in [0.3, 0.4) is 0 Å². The summed E-state index contributed by atoms with van der Waals surface area (Å²) in [4.78, 5) is 2.24. The fraction of sp³-hybridized carbons (Fsp3) is 0.833. The third-order valence-electron chi connectivity index (χ3n) is 2.13. The summed E-state index contributed by atoms with van der Waals surface area (Å²) < 4.78 is 0. The number of nitriles is 1. The molecule has 3 saturated heterocycles. The molecule has 3 aliphatic heterocycles. The molecule has 0 aromatic rings. The summed E-state index contributed by atoms with van der Waals surface area (Å²) in [7, 11) is 0. The van der Waals surface area contributed by atoms with Crippen LogP contribution in [0.15, 0.2) is 0 Å². The first-order valence-electron chi connectivity index (χ1n) is 3.04. The van der Waals surface area contributed by atoms with Crippen LogP contribution >= 0.6 is 0 Å². The highest BCUT2D eigenvalue weighted by molar-refractivity contribution is 5.06. The van der Waals surface area contributed by atoms with Gasteiger partial charge in [-0.1, -0.05) is 0 Å². The van der Waals surface area contributed by atoms with Gasteiger partial charge in [0.1, 0.15) is 0 Å². The maximum absolute atomic E-state index is 8.47. The van der Waals surface area contributed by atoms with E-state index in [2.05, 4.69) is 11.0 Å². The van der Waals surface area contributed by atoms with Gasteiger partial charge in [0.15, 0.2) is 0 Å². The van der Waals surface area contributed by atoms with Crippen LogP contribution in [0.25, 0.3) is 0 Å². The molecule has 3 aliphatic rings. The van der Waals surface area contributed by atoms with Crippen molar-refractivity contribution < 1.29 is 0 Å². The molecule has 1 unspecified atom stereocenters. The lowest BCUT2D eigenvalue weighted by atomic mass is 10.1. The molecular weight excluding hydrogens is 100 g/mol. The first-order valence-corrected chi connectivity index (χ1v) is 3.04. The number of hydrogen-bond donors (Lipinski definition) is 0. The third kappa shape index (κ3) is 0.354. The van der Waals surface area contributed by atoms with Gasteiger partial charge in [0.25, 0.3) is 0 Å². The first-order chi connectivity index (χ1) is 3.90. The van der Waals surface area contributed by atoms with E-state index >= 15 is 0 Å². The number of nitrogens with zero attached hydrogens (tertiary/aromatic N) is 2. The molecule has 0 amide bonds. The molecule has 0 N–H and O–H groups in total. The van der Waals surface area contributed by atoms with E-state index in [0.717, 1.165) is 12.3 Å². The summed E-state index contributed by atoms with van der Waals surface area (Å²) in [6.07, 6.45) is 1.14. The SMILES string of the molecule is N#CC1CC2CN1C2. The van der Waals surface area contributed by atoms with Gasteiger partial charge in [-0.2, -0.15) is 5.26 Å². The summed E-state index contributed by atoms with van der Waals surface area (Å²) in [6, 6.07) is 2.56. The van der Waals surface area contributed by atoms with Gasteiger partial charge in [-0.25, -0.2) is 0 Å². The lowest BCUT2D eigenvalue weighted by Gasteiger charge is -2.27. The fourth-order valence-electron chi connectivity index (χ4n) is 1.61. The second-order valence-electron chi connectivity index (χ2n) is 2.70. The molecule has 2 nitrogen and oxygen atoms in total. The standard InChI is InChI=1S/C6H8N2/c7-2-6-1-5-3-8(6)4-5/h5-6H,1,3-4H2. The molecule has 1 atom stereocenters. The van der Waals surface area contributed by atoms with Crippen LogP contribution < -0.4 is 0 Å². The zero-order valence-corrected chi connectivity index (χ0v) is 4.67. The predicted molar refractivity (Wildman–Crippen MR) is 29.1 cm³/mol. The van der Waals surface area contributed by atoms with E-state index in [1.54, 1.807) is 0 Å². The minimum absolute atomic E-state index is 0.278. The minimum Gasteiger partial charge on any atom is -0.287 e. The Morgan fingerprint density at radius 1 is 1.50 bits per heavy atom. The van der Waals surface area contributed by atoms with E-state index in [0.29, 0.717) is 0 Å². The summed E-state index contributed by atoms with van der Waals surface area (Å²) in [5.41, 5.74) is 0. The molecule has 3 rings (SSSR count). The van der Waals surface area contributed by atoms with Crippen LogP contribution in [0.5, 0.6) is 0 Å². The molecule has 42 valence electrons. The molecule has 3 fully saturated rings. The molecule has 0 saturated carbocycles. The Labute approximate surface area is 48.7 Å². The van der Waals surface area contributed by atoms with Crippen molar-refractivity contribution in [2.45, 2.75) is 12.5 Å². The Balaban J connectivity index is 2.12. The molecule has 2 bridgehead atoms. The summed E-state index contributed by atoms with van der Waals surface area (Å²) in [6.45, 7) is 2.39. The Morgan fingerprint density at radius 3 is 2.50 bits per heavy atom. The van der Waals surface area contributed by atoms with Crippen LogP contribution in [0.2, 0.25) is 0 Å². The van der Waals surface area contributed by atoms with Gasteiger partial charge in [-0.05, 0) is 12.3 Å². The van der Waals surface area contributed by atoms with Gasteiger partial charge in [0.05, 0.1) is 12.1 Å². The highest BCUT2D eigenvalue weighted by atomic mass is 15.3. The van der Waals surface area contributed by atoms with Crippen LogP contribution in [0.1, 0.15) is 6.42 Å². The number of fused-ring (bicyclic) bond motifs is 1. The van der Waals surface area contributed by atoms with Gasteiger partial charge < -0.3 is 0 Å². The highest BCUT2D eigenvalue weighted by Crippen LogP contribution is 2.33. The van der Waals surface area contributed by atoms with Crippen molar-refractivity contribution in [1.29, 1.82) is 5.26 Å². The van der Waals surface area contributed by atoms with E-state index in [1.807, 2.05) is 0 Å². The smallest absolute Gasteiger partial charge is 0.0981 e. The van der Waals surface area contributed by atoms with Crippen LogP contribution in [0, 0.1) is 17.2 Å². The largest absolute Gasteiger partial charge is 0.287 e. The molecule has 0 aliphatic carbocycles. The molecule has 0 spiro atoms. The molecule has 0 aromatic heterocycles. The quantitative estimate of drug-likeness (QED) is 0.443. The van der Waals surface area contributed by atoms with Gasteiger partial charge >= 0.3 is 0 Å². The average molecular weight is 108 g/mol. The average Bonchev–Trinajstić information content (AvgIpc) is 2.15. The summed E-state index contributed by atoms with van der Waals surface area (Å²) in [5, 5.41) is 8.47. The normalized spacial score (nSPS) is 50.1. The Bertz CT molecular complexity index is 141. The van der Waals surface area contributed by atoms with Crippen LogP contribution in [-0.2, 0) is 0 Å². The van der Waals surface area contributed by atoms with E-state index in [4.69, 9.17) is 5.26 Å². The highest BCUT2D eigenvalue weighted by Gasteiger charge is 2.41. The van der Waals surface area contributed by atoms with Crippen molar-refractivity contribution >= 4 is 0 Å². The first kappa shape index (κ1) is 4.34. The zero-order valence-electron chi connectivity index (χ0n) is 4.67. The van der Waals surface area contributed by atoms with Crippen molar-refractivity contribution in [3.05, 3.63) is 0 Å². The predicted octanol–water partition coefficient (Wildman–Crippen LogP) is 0.214. The third-order valence-corrected chi connectivity index (χ3v) is 2.13. The molecule has 0 radical (unpaired) electrons. The van der Waals surface area contributed by atoms with Gasteiger partial charge in [0.2, 0.25) is 0 Å². The Morgan fingerprint density at radius 2 is 2.25 bits per heavy atom. The lowest BCUT2D eigenvalue weighted by molar-refractivity contribution is 0.192.